The predicted octanol–water partition coefficient (Wildman–Crippen LogP) is 8.09. The first-order valence-electron chi connectivity index (χ1n) is 13.2. The van der Waals surface area contributed by atoms with Gasteiger partial charge in [-0.05, 0) is 23.3 Å². The lowest BCUT2D eigenvalue weighted by Gasteiger charge is -2.12. The van der Waals surface area contributed by atoms with Gasteiger partial charge in [0.05, 0.1) is 11.0 Å². The number of benzene rings is 5. The molecule has 0 amide bonds. The Labute approximate surface area is 232 Å². The zero-order chi connectivity index (χ0) is 26.9. The maximum absolute atomic E-state index is 4.95. The van der Waals surface area contributed by atoms with Crippen LogP contribution < -0.4 is 0 Å². The topological polar surface area (TPSA) is 56.5 Å². The maximum Gasteiger partial charge on any atom is 0.164 e. The van der Waals surface area contributed by atoms with Crippen molar-refractivity contribution in [2.24, 2.45) is 7.05 Å². The molecule has 0 spiro atoms. The summed E-state index contributed by atoms with van der Waals surface area (Å²) in [6.45, 7) is 0. The summed E-state index contributed by atoms with van der Waals surface area (Å²) in [5.74, 6) is 2.88. The van der Waals surface area contributed by atoms with Gasteiger partial charge in [0.1, 0.15) is 5.82 Å². The quantitative estimate of drug-likeness (QED) is 0.232. The Kier molecular flexibility index (Phi) is 5.94. The molecule has 0 saturated carbocycles. The molecule has 40 heavy (non-hydrogen) atoms. The molecule has 0 fully saturated rings. The first kappa shape index (κ1) is 23.7. The Morgan fingerprint density at radius 2 is 0.900 bits per heavy atom. The summed E-state index contributed by atoms with van der Waals surface area (Å²) < 4.78 is 2.14. The first-order chi connectivity index (χ1) is 19.7. The third-order valence-electron chi connectivity index (χ3n) is 7.11. The second-order valence-corrected chi connectivity index (χ2v) is 9.64. The monoisotopic (exact) mass is 515 g/mol. The Hall–Kier alpha value is -5.42. The van der Waals surface area contributed by atoms with Gasteiger partial charge in [0.2, 0.25) is 0 Å². The van der Waals surface area contributed by atoms with Crippen LogP contribution in [0.25, 0.3) is 67.7 Å². The van der Waals surface area contributed by atoms with Crippen molar-refractivity contribution in [2.45, 2.75) is 0 Å². The molecule has 0 N–H and O–H groups in total. The van der Waals surface area contributed by atoms with Crippen LogP contribution in [0.1, 0.15) is 0 Å². The Balaban J connectivity index is 1.33. The van der Waals surface area contributed by atoms with E-state index in [1.54, 1.807) is 0 Å². The highest BCUT2D eigenvalue weighted by atomic mass is 15.1. The summed E-state index contributed by atoms with van der Waals surface area (Å²) in [6.07, 6.45) is 0. The lowest BCUT2D eigenvalue weighted by atomic mass is 9.98. The minimum Gasteiger partial charge on any atom is -0.327 e. The summed E-state index contributed by atoms with van der Waals surface area (Å²) in [7, 11) is 2.06. The standard InChI is InChI=1S/C35H25N5/c1-40-31-19-11-10-18-30(31)36-35(40)27-22-20-24(21-23-27)28-16-8-9-17-29(28)34-38-32(25-12-4-2-5-13-25)37-33(39-34)26-14-6-3-7-15-26/h2-23H,1H3. The number of imidazole rings is 1. The molecule has 0 unspecified atom stereocenters. The number of rotatable bonds is 5. The molecule has 0 aliphatic carbocycles. The summed E-state index contributed by atoms with van der Waals surface area (Å²) in [6, 6.07) is 45.1. The second kappa shape index (κ2) is 10.0. The highest BCUT2D eigenvalue weighted by Gasteiger charge is 2.16. The molecule has 0 saturated heterocycles. The van der Waals surface area contributed by atoms with Crippen molar-refractivity contribution in [1.82, 2.24) is 24.5 Å². The molecule has 0 aliphatic heterocycles. The van der Waals surface area contributed by atoms with Crippen LogP contribution in [-0.4, -0.2) is 24.5 Å². The van der Waals surface area contributed by atoms with E-state index < -0.39 is 0 Å². The van der Waals surface area contributed by atoms with Gasteiger partial charge < -0.3 is 4.57 Å². The van der Waals surface area contributed by atoms with Gasteiger partial charge in [-0.25, -0.2) is 19.9 Å². The molecule has 0 radical (unpaired) electrons. The van der Waals surface area contributed by atoms with Crippen LogP contribution in [0.5, 0.6) is 0 Å². The van der Waals surface area contributed by atoms with Gasteiger partial charge in [0.25, 0.3) is 0 Å². The lowest BCUT2D eigenvalue weighted by molar-refractivity contribution is 0.959. The zero-order valence-electron chi connectivity index (χ0n) is 21.9. The number of fused-ring (bicyclic) bond motifs is 1. The van der Waals surface area contributed by atoms with Gasteiger partial charge in [0.15, 0.2) is 17.5 Å². The van der Waals surface area contributed by atoms with Crippen molar-refractivity contribution < 1.29 is 0 Å². The fraction of sp³-hybridized carbons (Fsp3) is 0.0286. The fourth-order valence-electron chi connectivity index (χ4n) is 5.06. The van der Waals surface area contributed by atoms with Crippen molar-refractivity contribution in [2.75, 3.05) is 0 Å². The zero-order valence-corrected chi connectivity index (χ0v) is 21.9. The first-order valence-corrected chi connectivity index (χ1v) is 13.2. The molecule has 2 heterocycles. The minimum absolute atomic E-state index is 0.641. The number of para-hydroxylation sites is 2. The third-order valence-corrected chi connectivity index (χ3v) is 7.11. The largest absolute Gasteiger partial charge is 0.327 e. The van der Waals surface area contributed by atoms with Gasteiger partial charge in [-0.15, -0.1) is 0 Å². The van der Waals surface area contributed by atoms with E-state index in [1.165, 1.54) is 0 Å². The van der Waals surface area contributed by atoms with Crippen molar-refractivity contribution in [3.8, 4) is 56.7 Å². The molecule has 2 aromatic heterocycles. The highest BCUT2D eigenvalue weighted by Crippen LogP contribution is 2.34. The Morgan fingerprint density at radius 1 is 0.400 bits per heavy atom. The Bertz CT molecular complexity index is 1880. The summed E-state index contributed by atoms with van der Waals surface area (Å²) >= 11 is 0. The lowest BCUT2D eigenvalue weighted by Crippen LogP contribution is -2.01. The van der Waals surface area contributed by atoms with Crippen LogP contribution in [0.4, 0.5) is 0 Å². The predicted molar refractivity (Wildman–Crippen MR) is 161 cm³/mol. The van der Waals surface area contributed by atoms with Crippen LogP contribution in [0.3, 0.4) is 0 Å². The van der Waals surface area contributed by atoms with Gasteiger partial charge in [-0.2, -0.15) is 0 Å². The van der Waals surface area contributed by atoms with E-state index >= 15 is 0 Å². The fourth-order valence-corrected chi connectivity index (χ4v) is 5.06. The van der Waals surface area contributed by atoms with E-state index in [9.17, 15) is 0 Å². The van der Waals surface area contributed by atoms with E-state index in [0.717, 1.165) is 50.2 Å². The number of aryl methyl sites for hydroxylation is 1. The van der Waals surface area contributed by atoms with Gasteiger partial charge in [-0.1, -0.05) is 121 Å². The molecular weight excluding hydrogens is 490 g/mol. The van der Waals surface area contributed by atoms with Crippen molar-refractivity contribution in [3.63, 3.8) is 0 Å². The van der Waals surface area contributed by atoms with Gasteiger partial charge in [-0.3, -0.25) is 0 Å². The van der Waals surface area contributed by atoms with Gasteiger partial charge in [0, 0.05) is 29.3 Å². The smallest absolute Gasteiger partial charge is 0.164 e. The molecule has 5 aromatic carbocycles. The average molecular weight is 516 g/mol. The van der Waals surface area contributed by atoms with Crippen molar-refractivity contribution in [3.05, 3.63) is 133 Å². The molecule has 5 nitrogen and oxygen atoms in total. The molecule has 0 bridgehead atoms. The Morgan fingerprint density at radius 3 is 1.52 bits per heavy atom. The number of nitrogens with zero attached hydrogens (tertiary/aromatic N) is 5. The molecule has 190 valence electrons. The minimum atomic E-state index is 0.641. The van der Waals surface area contributed by atoms with E-state index in [1.807, 2.05) is 84.9 Å². The number of aromatic nitrogens is 5. The van der Waals surface area contributed by atoms with Gasteiger partial charge >= 0.3 is 0 Å². The average Bonchev–Trinajstić information content (AvgIpc) is 3.38. The van der Waals surface area contributed by atoms with Crippen LogP contribution >= 0.6 is 0 Å². The van der Waals surface area contributed by atoms with E-state index in [0.29, 0.717) is 17.5 Å². The molecule has 0 atom stereocenters. The van der Waals surface area contributed by atoms with Crippen LogP contribution in [-0.2, 0) is 7.05 Å². The van der Waals surface area contributed by atoms with E-state index in [-0.39, 0.29) is 0 Å². The summed E-state index contributed by atoms with van der Waals surface area (Å²) in [4.78, 5) is 19.6. The number of hydrogen-bond donors (Lipinski definition) is 0. The third kappa shape index (κ3) is 4.33. The molecule has 7 rings (SSSR count). The van der Waals surface area contributed by atoms with E-state index in [2.05, 4.69) is 60.1 Å². The normalized spacial score (nSPS) is 11.1. The second-order valence-electron chi connectivity index (χ2n) is 9.64. The molecule has 7 aromatic rings. The van der Waals surface area contributed by atoms with Crippen LogP contribution in [0.15, 0.2) is 133 Å². The summed E-state index contributed by atoms with van der Waals surface area (Å²) in [5.41, 5.74) is 8.18. The molecule has 0 aliphatic rings. The van der Waals surface area contributed by atoms with E-state index in [4.69, 9.17) is 19.9 Å². The molecule has 5 heteroatoms. The maximum atomic E-state index is 4.95. The molecular formula is C35H25N5. The van der Waals surface area contributed by atoms with Crippen molar-refractivity contribution in [1.29, 1.82) is 0 Å². The van der Waals surface area contributed by atoms with Crippen LogP contribution in [0, 0.1) is 0 Å². The number of hydrogen-bond acceptors (Lipinski definition) is 4. The van der Waals surface area contributed by atoms with Crippen molar-refractivity contribution >= 4 is 11.0 Å². The SMILES string of the molecule is Cn1c(-c2ccc(-c3ccccc3-c3nc(-c4ccccc4)nc(-c4ccccc4)n3)cc2)nc2ccccc21. The highest BCUT2D eigenvalue weighted by molar-refractivity contribution is 5.84. The summed E-state index contributed by atoms with van der Waals surface area (Å²) in [5, 5.41) is 0. The van der Waals surface area contributed by atoms with Crippen LogP contribution in [0.2, 0.25) is 0 Å².